The van der Waals surface area contributed by atoms with Crippen molar-refractivity contribution in [2.75, 3.05) is 37.7 Å². The molecule has 1 aliphatic heterocycles. The number of furan rings is 1. The van der Waals surface area contributed by atoms with Gasteiger partial charge in [-0.25, -0.2) is 9.21 Å². The molecule has 3 rings (SSSR count). The van der Waals surface area contributed by atoms with E-state index >= 15 is 0 Å². The van der Waals surface area contributed by atoms with E-state index in [1.807, 2.05) is 18.2 Å². The van der Waals surface area contributed by atoms with Crippen molar-refractivity contribution in [1.82, 2.24) is 4.42 Å². The second-order valence-corrected chi connectivity index (χ2v) is 5.43. The Hall–Kier alpha value is -1.72. The van der Waals surface area contributed by atoms with Gasteiger partial charge in [0.1, 0.15) is 5.58 Å². The molecule has 0 aliphatic carbocycles. The smallest absolute Gasteiger partial charge is 0.374 e. The summed E-state index contributed by atoms with van der Waals surface area (Å²) < 4.78 is 12.3. The van der Waals surface area contributed by atoms with Crippen molar-refractivity contribution in [2.24, 2.45) is 0 Å². The molecule has 0 amide bonds. The van der Waals surface area contributed by atoms with Crippen molar-refractivity contribution in [3.05, 3.63) is 30.0 Å². The Bertz CT molecular complexity index is 647. The summed E-state index contributed by atoms with van der Waals surface area (Å²) in [5, 5.41) is 0.906. The molecule has 0 saturated carbocycles. The van der Waals surface area contributed by atoms with Crippen LogP contribution in [0.15, 0.2) is 28.7 Å². The van der Waals surface area contributed by atoms with Gasteiger partial charge in [-0.2, -0.15) is 0 Å². The summed E-state index contributed by atoms with van der Waals surface area (Å²) in [4.78, 5) is 14.0. The van der Waals surface area contributed by atoms with E-state index in [2.05, 4.69) is 4.90 Å². The van der Waals surface area contributed by atoms with Crippen molar-refractivity contribution in [3.63, 3.8) is 0 Å². The molecule has 1 aliphatic rings. The number of piperazine rings is 1. The van der Waals surface area contributed by atoms with Crippen molar-refractivity contribution >= 4 is 34.4 Å². The average molecular weight is 309 g/mol. The van der Waals surface area contributed by atoms with Gasteiger partial charge in [0.05, 0.1) is 6.61 Å². The highest BCUT2D eigenvalue weighted by Gasteiger charge is 2.17. The summed E-state index contributed by atoms with van der Waals surface area (Å²) in [6.07, 6.45) is 0. The SMILES string of the molecule is CCOC(=O)c1cc2cc(N3CCN(Cl)CC3)ccc2o1. The lowest BCUT2D eigenvalue weighted by Crippen LogP contribution is -2.42. The van der Waals surface area contributed by atoms with Crippen molar-refractivity contribution in [3.8, 4) is 0 Å². The molecule has 112 valence electrons. The van der Waals surface area contributed by atoms with E-state index in [1.54, 1.807) is 17.4 Å². The number of benzene rings is 1. The van der Waals surface area contributed by atoms with Crippen LogP contribution >= 0.6 is 11.8 Å². The molecule has 2 heterocycles. The molecule has 1 fully saturated rings. The minimum atomic E-state index is -0.425. The number of esters is 1. The molecule has 21 heavy (non-hydrogen) atoms. The highest BCUT2D eigenvalue weighted by Crippen LogP contribution is 2.26. The van der Waals surface area contributed by atoms with Crippen molar-refractivity contribution in [1.29, 1.82) is 0 Å². The van der Waals surface area contributed by atoms with Gasteiger partial charge in [-0.3, -0.25) is 0 Å². The molecule has 0 radical (unpaired) electrons. The number of halogens is 1. The lowest BCUT2D eigenvalue weighted by Gasteiger charge is -2.32. The molecule has 0 unspecified atom stereocenters. The second kappa shape index (κ2) is 5.95. The lowest BCUT2D eigenvalue weighted by atomic mass is 10.2. The minimum Gasteiger partial charge on any atom is -0.460 e. The summed E-state index contributed by atoms with van der Waals surface area (Å²) in [5.41, 5.74) is 1.81. The Kier molecular flexibility index (Phi) is 4.03. The first-order valence-electron chi connectivity index (χ1n) is 7.04. The fourth-order valence-electron chi connectivity index (χ4n) is 2.47. The summed E-state index contributed by atoms with van der Waals surface area (Å²) in [7, 11) is 0. The first-order valence-corrected chi connectivity index (χ1v) is 7.37. The topological polar surface area (TPSA) is 45.9 Å². The predicted molar refractivity (Wildman–Crippen MR) is 81.8 cm³/mol. The van der Waals surface area contributed by atoms with Gasteiger partial charge in [0.2, 0.25) is 5.76 Å². The summed E-state index contributed by atoms with van der Waals surface area (Å²) in [6.45, 7) is 5.55. The third-order valence-corrected chi connectivity index (χ3v) is 3.90. The second-order valence-electron chi connectivity index (χ2n) is 4.95. The van der Waals surface area contributed by atoms with Crippen LogP contribution in [0.2, 0.25) is 0 Å². The standard InChI is InChI=1S/C15H17ClN2O3/c1-2-20-15(19)14-10-11-9-12(3-4-13(11)21-14)17-5-7-18(16)8-6-17/h3-4,9-10H,2,5-8H2,1H3. The number of carbonyl (C=O) groups is 1. The van der Waals surface area contributed by atoms with Gasteiger partial charge in [0, 0.05) is 37.3 Å². The third kappa shape index (κ3) is 2.99. The Balaban J connectivity index is 1.84. The number of carbonyl (C=O) groups excluding carboxylic acids is 1. The molecule has 1 aromatic heterocycles. The van der Waals surface area contributed by atoms with E-state index in [1.165, 1.54) is 0 Å². The number of hydrogen-bond donors (Lipinski definition) is 0. The highest BCUT2D eigenvalue weighted by molar-refractivity contribution is 6.13. The maximum absolute atomic E-state index is 11.7. The van der Waals surface area contributed by atoms with E-state index in [4.69, 9.17) is 20.9 Å². The van der Waals surface area contributed by atoms with Crippen LogP contribution in [-0.4, -0.2) is 43.2 Å². The van der Waals surface area contributed by atoms with Gasteiger partial charge >= 0.3 is 5.97 Å². The zero-order valence-electron chi connectivity index (χ0n) is 11.8. The minimum absolute atomic E-state index is 0.245. The fourth-order valence-corrected chi connectivity index (χ4v) is 2.62. The quantitative estimate of drug-likeness (QED) is 0.644. The summed E-state index contributed by atoms with van der Waals surface area (Å²) >= 11 is 5.97. The average Bonchev–Trinajstić information content (AvgIpc) is 2.91. The van der Waals surface area contributed by atoms with Gasteiger partial charge < -0.3 is 14.1 Å². The Labute approximate surface area is 128 Å². The zero-order chi connectivity index (χ0) is 14.8. The van der Waals surface area contributed by atoms with Crippen LogP contribution < -0.4 is 4.90 Å². The van der Waals surface area contributed by atoms with Gasteiger partial charge in [-0.15, -0.1) is 0 Å². The van der Waals surface area contributed by atoms with E-state index in [9.17, 15) is 4.79 Å². The monoisotopic (exact) mass is 308 g/mol. The maximum Gasteiger partial charge on any atom is 0.374 e. The van der Waals surface area contributed by atoms with Crippen LogP contribution in [0.25, 0.3) is 11.0 Å². The van der Waals surface area contributed by atoms with E-state index in [0.29, 0.717) is 12.2 Å². The molecule has 1 saturated heterocycles. The van der Waals surface area contributed by atoms with Crippen LogP contribution in [0.1, 0.15) is 17.5 Å². The maximum atomic E-state index is 11.7. The fraction of sp³-hybridized carbons (Fsp3) is 0.400. The Morgan fingerprint density at radius 1 is 1.29 bits per heavy atom. The zero-order valence-corrected chi connectivity index (χ0v) is 12.6. The first kappa shape index (κ1) is 14.2. The molecule has 0 bridgehead atoms. The van der Waals surface area contributed by atoms with Crippen LogP contribution in [0, 0.1) is 0 Å². The molecular formula is C15H17ClN2O3. The number of hydrogen-bond acceptors (Lipinski definition) is 5. The molecular weight excluding hydrogens is 292 g/mol. The molecule has 0 N–H and O–H groups in total. The van der Waals surface area contributed by atoms with Gasteiger partial charge in [-0.05, 0) is 43.0 Å². The number of fused-ring (bicyclic) bond motifs is 1. The lowest BCUT2D eigenvalue weighted by molar-refractivity contribution is 0.0492. The molecule has 0 spiro atoms. The van der Waals surface area contributed by atoms with Gasteiger partial charge in [0.15, 0.2) is 0 Å². The van der Waals surface area contributed by atoms with E-state index < -0.39 is 5.97 Å². The Morgan fingerprint density at radius 2 is 2.05 bits per heavy atom. The number of rotatable bonds is 3. The normalized spacial score (nSPS) is 16.4. The molecule has 5 nitrogen and oxygen atoms in total. The first-order chi connectivity index (χ1) is 10.2. The van der Waals surface area contributed by atoms with Crippen LogP contribution in [0.5, 0.6) is 0 Å². The Morgan fingerprint density at radius 3 is 2.76 bits per heavy atom. The number of ether oxygens (including phenoxy) is 1. The van der Waals surface area contributed by atoms with Crippen LogP contribution in [-0.2, 0) is 4.74 Å². The third-order valence-electron chi connectivity index (χ3n) is 3.57. The van der Waals surface area contributed by atoms with Gasteiger partial charge in [0.25, 0.3) is 0 Å². The highest BCUT2D eigenvalue weighted by atomic mass is 35.5. The van der Waals surface area contributed by atoms with Crippen LogP contribution in [0.4, 0.5) is 5.69 Å². The van der Waals surface area contributed by atoms with Crippen LogP contribution in [0.3, 0.4) is 0 Å². The van der Waals surface area contributed by atoms with Crippen molar-refractivity contribution < 1.29 is 13.9 Å². The summed E-state index contributed by atoms with van der Waals surface area (Å²) in [6, 6.07) is 7.66. The van der Waals surface area contributed by atoms with Crippen molar-refractivity contribution in [2.45, 2.75) is 6.92 Å². The largest absolute Gasteiger partial charge is 0.460 e. The molecule has 0 atom stereocenters. The predicted octanol–water partition coefficient (Wildman–Crippen LogP) is 2.89. The molecule has 1 aromatic carbocycles. The molecule has 6 heteroatoms. The molecule has 2 aromatic rings. The van der Waals surface area contributed by atoms with E-state index in [0.717, 1.165) is 37.3 Å². The van der Waals surface area contributed by atoms with E-state index in [-0.39, 0.29) is 5.76 Å². The van der Waals surface area contributed by atoms with Gasteiger partial charge in [-0.1, -0.05) is 0 Å². The summed E-state index contributed by atoms with van der Waals surface area (Å²) in [5.74, 6) is -0.180. The number of nitrogens with zero attached hydrogens (tertiary/aromatic N) is 2. The number of anilines is 1.